The van der Waals surface area contributed by atoms with Gasteiger partial charge in [0.1, 0.15) is 0 Å². The van der Waals surface area contributed by atoms with Crippen LogP contribution in [0.3, 0.4) is 0 Å². The van der Waals surface area contributed by atoms with Crippen LogP contribution in [-0.2, 0) is 16.1 Å². The molecular weight excluding hydrogens is 390 g/mol. The van der Waals surface area contributed by atoms with E-state index in [0.29, 0.717) is 23.9 Å². The number of fused-ring (bicyclic) bond motifs is 1. The number of rotatable bonds is 7. The first-order chi connectivity index (χ1) is 14.2. The number of nitrogens with one attached hydrogen (secondary N) is 1. The van der Waals surface area contributed by atoms with Crippen molar-refractivity contribution in [1.82, 2.24) is 19.5 Å². The van der Waals surface area contributed by atoms with Crippen molar-refractivity contribution in [3.63, 3.8) is 0 Å². The number of ether oxygens (including phenoxy) is 1. The number of hydrogen-bond donors (Lipinski definition) is 1. The third-order valence-electron chi connectivity index (χ3n) is 4.92. The van der Waals surface area contributed by atoms with E-state index in [-0.39, 0.29) is 28.8 Å². The maximum Gasteiger partial charge on any atom is 0.278 e. The Hall–Kier alpha value is -2.65. The van der Waals surface area contributed by atoms with Crippen LogP contribution in [0.2, 0.25) is 0 Å². The number of para-hydroxylation sites is 1. The lowest BCUT2D eigenvalue weighted by Crippen LogP contribution is -2.32. The minimum Gasteiger partial charge on any atom is -0.376 e. The number of benzene rings is 1. The van der Waals surface area contributed by atoms with E-state index < -0.39 is 0 Å². The van der Waals surface area contributed by atoms with Crippen LogP contribution in [0.25, 0.3) is 11.2 Å². The average molecular weight is 414 g/mol. The second-order valence-corrected chi connectivity index (χ2v) is 7.75. The number of aromatic nitrogens is 4. The zero-order valence-corrected chi connectivity index (χ0v) is 17.0. The van der Waals surface area contributed by atoms with E-state index in [9.17, 15) is 9.59 Å². The highest BCUT2D eigenvalue weighted by molar-refractivity contribution is 7.99. The number of carbonyl (C=O) groups is 1. The molecule has 8 nitrogen and oxygen atoms in total. The highest BCUT2D eigenvalue weighted by Crippen LogP contribution is 2.25. The fourth-order valence-electron chi connectivity index (χ4n) is 3.51. The molecule has 0 unspecified atom stereocenters. The molecule has 1 aromatic carbocycles. The maximum absolute atomic E-state index is 12.8. The summed E-state index contributed by atoms with van der Waals surface area (Å²) in [6.07, 6.45) is 3.44. The Morgan fingerprint density at radius 1 is 1.38 bits per heavy atom. The van der Waals surface area contributed by atoms with E-state index in [1.54, 1.807) is 4.90 Å². The molecule has 3 heterocycles. The van der Waals surface area contributed by atoms with Gasteiger partial charge >= 0.3 is 0 Å². The van der Waals surface area contributed by atoms with Crippen LogP contribution in [0.4, 0.5) is 5.69 Å². The van der Waals surface area contributed by atoms with Gasteiger partial charge in [0.05, 0.1) is 24.7 Å². The van der Waals surface area contributed by atoms with Gasteiger partial charge in [0.25, 0.3) is 5.56 Å². The number of H-pyrrole nitrogens is 1. The fourth-order valence-corrected chi connectivity index (χ4v) is 4.39. The number of aromatic amines is 1. The normalized spacial score (nSPS) is 16.4. The summed E-state index contributed by atoms with van der Waals surface area (Å²) in [5.41, 5.74) is 1.39. The maximum atomic E-state index is 12.8. The lowest BCUT2D eigenvalue weighted by Gasteiger charge is -2.21. The third kappa shape index (κ3) is 4.20. The van der Waals surface area contributed by atoms with E-state index >= 15 is 0 Å². The number of imidazole rings is 1. The van der Waals surface area contributed by atoms with Crippen molar-refractivity contribution < 1.29 is 9.53 Å². The number of thioether (sulfide) groups is 1. The highest BCUT2D eigenvalue weighted by atomic mass is 32.2. The first-order valence-corrected chi connectivity index (χ1v) is 10.7. The molecule has 9 heteroatoms. The molecule has 1 N–H and O–H groups in total. The number of nitrogens with zero attached hydrogens (tertiary/aromatic N) is 4. The molecule has 0 spiro atoms. The van der Waals surface area contributed by atoms with Crippen molar-refractivity contribution in [3.8, 4) is 0 Å². The topological polar surface area (TPSA) is 93.1 Å². The molecule has 1 atom stereocenters. The van der Waals surface area contributed by atoms with E-state index in [2.05, 4.69) is 15.0 Å². The van der Waals surface area contributed by atoms with Gasteiger partial charge in [-0.05, 0) is 31.9 Å². The van der Waals surface area contributed by atoms with Gasteiger partial charge in [0, 0.05) is 18.8 Å². The second-order valence-electron chi connectivity index (χ2n) is 6.81. The van der Waals surface area contributed by atoms with Gasteiger partial charge in [-0.2, -0.15) is 0 Å². The lowest BCUT2D eigenvalue weighted by atomic mass is 10.2. The van der Waals surface area contributed by atoms with Crippen molar-refractivity contribution in [1.29, 1.82) is 0 Å². The van der Waals surface area contributed by atoms with Gasteiger partial charge in [0.2, 0.25) is 5.91 Å². The molecule has 0 aliphatic carbocycles. The van der Waals surface area contributed by atoms with Crippen molar-refractivity contribution in [2.75, 3.05) is 23.8 Å². The molecule has 0 radical (unpaired) electrons. The molecular formula is C20H23N5O3S. The van der Waals surface area contributed by atoms with Gasteiger partial charge in [-0.3, -0.25) is 9.59 Å². The molecule has 3 aromatic rings. The molecule has 152 valence electrons. The van der Waals surface area contributed by atoms with E-state index in [4.69, 9.17) is 4.74 Å². The quantitative estimate of drug-likeness (QED) is 0.598. The Balaban J connectivity index is 1.57. The third-order valence-corrected chi connectivity index (χ3v) is 5.88. The predicted molar refractivity (Wildman–Crippen MR) is 112 cm³/mol. The van der Waals surface area contributed by atoms with E-state index in [1.807, 2.05) is 41.8 Å². The van der Waals surface area contributed by atoms with Gasteiger partial charge in [-0.25, -0.2) is 9.97 Å². The summed E-state index contributed by atoms with van der Waals surface area (Å²) >= 11 is 1.32. The monoisotopic (exact) mass is 413 g/mol. The van der Waals surface area contributed by atoms with Crippen LogP contribution in [0.1, 0.15) is 19.8 Å². The van der Waals surface area contributed by atoms with Gasteiger partial charge < -0.3 is 19.2 Å². The summed E-state index contributed by atoms with van der Waals surface area (Å²) in [6, 6.07) is 9.59. The molecule has 1 aliphatic heterocycles. The van der Waals surface area contributed by atoms with Crippen molar-refractivity contribution in [2.45, 2.75) is 37.6 Å². The Kier molecular flexibility index (Phi) is 5.96. The SMILES string of the molecule is CCN(C(=O)CSc1nc2c(=O)[nH]cnc2n1C[C@@H]1CCCO1)c1ccccc1. The van der Waals surface area contributed by atoms with Gasteiger partial charge in [-0.15, -0.1) is 0 Å². The highest BCUT2D eigenvalue weighted by Gasteiger charge is 2.23. The molecule has 1 fully saturated rings. The standard InChI is InChI=1S/C20H23N5O3S/c1-2-24(14-7-4-3-5-8-14)16(26)12-29-20-23-17-18(21-13-22-19(17)27)25(20)11-15-9-6-10-28-15/h3-5,7-8,13,15H,2,6,9-12H2,1H3,(H,21,22,27)/t15-/m0/s1. The number of anilines is 1. The molecule has 1 amide bonds. The minimum atomic E-state index is -0.284. The molecule has 4 rings (SSSR count). The minimum absolute atomic E-state index is 0.0127. The lowest BCUT2D eigenvalue weighted by molar-refractivity contribution is -0.116. The van der Waals surface area contributed by atoms with Crippen LogP contribution in [0.15, 0.2) is 46.6 Å². The summed E-state index contributed by atoms with van der Waals surface area (Å²) < 4.78 is 7.65. The van der Waals surface area contributed by atoms with Crippen LogP contribution >= 0.6 is 11.8 Å². The number of hydrogen-bond acceptors (Lipinski definition) is 6. The van der Waals surface area contributed by atoms with Crippen LogP contribution < -0.4 is 10.5 Å². The Bertz CT molecular complexity index is 1040. The van der Waals surface area contributed by atoms with Crippen LogP contribution in [0, 0.1) is 0 Å². The summed E-state index contributed by atoms with van der Waals surface area (Å²) in [5.74, 6) is 0.205. The zero-order chi connectivity index (χ0) is 20.2. The van der Waals surface area contributed by atoms with E-state index in [1.165, 1.54) is 18.1 Å². The molecule has 0 bridgehead atoms. The van der Waals surface area contributed by atoms with Gasteiger partial charge in [-0.1, -0.05) is 30.0 Å². The summed E-state index contributed by atoms with van der Waals surface area (Å²) in [7, 11) is 0. The largest absolute Gasteiger partial charge is 0.376 e. The first kappa shape index (κ1) is 19.7. The molecule has 1 saturated heterocycles. The fraction of sp³-hybridized carbons (Fsp3) is 0.400. The predicted octanol–water partition coefficient (Wildman–Crippen LogP) is 2.44. The Morgan fingerprint density at radius 2 is 2.21 bits per heavy atom. The summed E-state index contributed by atoms with van der Waals surface area (Å²) in [4.78, 5) is 38.1. The van der Waals surface area contributed by atoms with Gasteiger partial charge in [0.15, 0.2) is 16.3 Å². The first-order valence-electron chi connectivity index (χ1n) is 9.71. The number of carbonyl (C=O) groups excluding carboxylic acids is 1. The van der Waals surface area contributed by atoms with E-state index in [0.717, 1.165) is 25.1 Å². The summed E-state index contributed by atoms with van der Waals surface area (Å²) in [5, 5.41) is 0.608. The Labute approximate surface area is 172 Å². The second kappa shape index (κ2) is 8.79. The molecule has 1 aliphatic rings. The summed E-state index contributed by atoms with van der Waals surface area (Å²) in [6.45, 7) is 3.84. The molecule has 2 aromatic heterocycles. The van der Waals surface area contributed by atoms with Crippen molar-refractivity contribution in [3.05, 3.63) is 47.0 Å². The smallest absolute Gasteiger partial charge is 0.278 e. The van der Waals surface area contributed by atoms with Crippen LogP contribution in [-0.4, -0.2) is 50.4 Å². The molecule has 29 heavy (non-hydrogen) atoms. The zero-order valence-electron chi connectivity index (χ0n) is 16.2. The molecule has 0 saturated carbocycles. The average Bonchev–Trinajstić information content (AvgIpc) is 3.37. The van der Waals surface area contributed by atoms with Crippen molar-refractivity contribution >= 4 is 34.5 Å². The van der Waals surface area contributed by atoms with Crippen LogP contribution in [0.5, 0.6) is 0 Å². The van der Waals surface area contributed by atoms with Crippen molar-refractivity contribution in [2.24, 2.45) is 0 Å². The number of amides is 1. The Morgan fingerprint density at radius 3 is 2.93 bits per heavy atom.